The van der Waals surface area contributed by atoms with Crippen molar-refractivity contribution in [3.63, 3.8) is 0 Å². The summed E-state index contributed by atoms with van der Waals surface area (Å²) < 4.78 is 0. The molecule has 2 rings (SSSR count). The minimum atomic E-state index is -0.0702. The standard InChI is InChI=1S/C21H29NO2/c1-6-9-16-19(15-10-7-8-11-18(15)24)17(12-23)21(14(4)5)22-20(16)13(2)3/h7-8,10-11,13-14,23-24H,6,9,12H2,1-5H3. The summed E-state index contributed by atoms with van der Waals surface area (Å²) in [4.78, 5) is 4.94. The summed E-state index contributed by atoms with van der Waals surface area (Å²) in [6.07, 6.45) is 1.88. The number of benzene rings is 1. The maximum Gasteiger partial charge on any atom is 0.123 e. The number of aliphatic hydroxyl groups excluding tert-OH is 1. The summed E-state index contributed by atoms with van der Waals surface area (Å²) in [7, 11) is 0. The smallest absolute Gasteiger partial charge is 0.123 e. The van der Waals surface area contributed by atoms with Crippen molar-refractivity contribution in [1.82, 2.24) is 4.98 Å². The minimum absolute atomic E-state index is 0.0702. The van der Waals surface area contributed by atoms with Crippen molar-refractivity contribution in [2.75, 3.05) is 0 Å². The zero-order chi connectivity index (χ0) is 17.9. The van der Waals surface area contributed by atoms with E-state index >= 15 is 0 Å². The molecule has 0 amide bonds. The van der Waals surface area contributed by atoms with Crippen molar-refractivity contribution in [3.8, 4) is 16.9 Å². The highest BCUT2D eigenvalue weighted by Gasteiger charge is 2.24. The molecule has 1 aromatic heterocycles. The molecule has 3 heteroatoms. The number of hydrogen-bond acceptors (Lipinski definition) is 3. The number of phenolic OH excluding ortho intramolecular Hbond substituents is 1. The Labute approximate surface area is 145 Å². The molecule has 0 aliphatic rings. The lowest BCUT2D eigenvalue weighted by Crippen LogP contribution is -2.12. The van der Waals surface area contributed by atoms with Gasteiger partial charge in [-0.15, -0.1) is 0 Å². The average molecular weight is 327 g/mol. The Morgan fingerprint density at radius 1 is 0.958 bits per heavy atom. The van der Waals surface area contributed by atoms with Gasteiger partial charge in [-0.05, 0) is 35.4 Å². The van der Waals surface area contributed by atoms with Crippen LogP contribution < -0.4 is 0 Å². The lowest BCUT2D eigenvalue weighted by atomic mass is 9.85. The predicted molar refractivity (Wildman–Crippen MR) is 99.4 cm³/mol. The lowest BCUT2D eigenvalue weighted by Gasteiger charge is -2.24. The SMILES string of the molecule is CCCc1c(C(C)C)nc(C(C)C)c(CO)c1-c1ccccc1O. The summed E-state index contributed by atoms with van der Waals surface area (Å²) in [6, 6.07) is 7.38. The summed E-state index contributed by atoms with van der Waals surface area (Å²) in [5.74, 6) is 0.756. The molecule has 0 saturated heterocycles. The molecular formula is C21H29NO2. The third-order valence-electron chi connectivity index (χ3n) is 4.39. The van der Waals surface area contributed by atoms with E-state index in [0.29, 0.717) is 5.92 Å². The molecular weight excluding hydrogens is 298 g/mol. The number of nitrogens with zero attached hydrogens (tertiary/aromatic N) is 1. The van der Waals surface area contributed by atoms with Crippen LogP contribution in [0.2, 0.25) is 0 Å². The van der Waals surface area contributed by atoms with Gasteiger partial charge in [-0.25, -0.2) is 0 Å². The molecule has 2 aromatic rings. The molecule has 0 atom stereocenters. The average Bonchev–Trinajstić information content (AvgIpc) is 2.54. The van der Waals surface area contributed by atoms with Gasteiger partial charge in [-0.2, -0.15) is 0 Å². The monoisotopic (exact) mass is 327 g/mol. The quantitative estimate of drug-likeness (QED) is 0.772. The third-order valence-corrected chi connectivity index (χ3v) is 4.39. The van der Waals surface area contributed by atoms with E-state index in [2.05, 4.69) is 34.6 Å². The molecule has 0 bridgehead atoms. The Bertz CT molecular complexity index is 705. The van der Waals surface area contributed by atoms with E-state index in [0.717, 1.165) is 46.5 Å². The van der Waals surface area contributed by atoms with E-state index in [1.807, 2.05) is 18.2 Å². The molecule has 0 fully saturated rings. The second kappa shape index (κ2) is 7.80. The number of aromatic nitrogens is 1. The largest absolute Gasteiger partial charge is 0.507 e. The zero-order valence-corrected chi connectivity index (χ0v) is 15.4. The van der Waals surface area contributed by atoms with Crippen LogP contribution in [0, 0.1) is 0 Å². The fourth-order valence-corrected chi connectivity index (χ4v) is 3.33. The van der Waals surface area contributed by atoms with E-state index in [-0.39, 0.29) is 18.3 Å². The Morgan fingerprint density at radius 2 is 1.54 bits per heavy atom. The van der Waals surface area contributed by atoms with Crippen molar-refractivity contribution in [2.24, 2.45) is 0 Å². The van der Waals surface area contributed by atoms with Crippen LogP contribution in [0.5, 0.6) is 5.75 Å². The molecule has 0 radical (unpaired) electrons. The predicted octanol–water partition coefficient (Wildman–Crippen LogP) is 5.15. The van der Waals surface area contributed by atoms with E-state index in [4.69, 9.17) is 4.98 Å². The van der Waals surface area contributed by atoms with Gasteiger partial charge in [0.1, 0.15) is 5.75 Å². The number of para-hydroxylation sites is 1. The van der Waals surface area contributed by atoms with Crippen LogP contribution in [-0.4, -0.2) is 15.2 Å². The third kappa shape index (κ3) is 3.46. The highest BCUT2D eigenvalue weighted by atomic mass is 16.3. The molecule has 0 saturated carbocycles. The molecule has 1 heterocycles. The Morgan fingerprint density at radius 3 is 2.04 bits per heavy atom. The van der Waals surface area contributed by atoms with Crippen LogP contribution in [0.4, 0.5) is 0 Å². The van der Waals surface area contributed by atoms with Gasteiger partial charge in [0, 0.05) is 22.5 Å². The highest BCUT2D eigenvalue weighted by Crippen LogP contribution is 2.40. The Hall–Kier alpha value is -1.87. The van der Waals surface area contributed by atoms with Crippen LogP contribution in [0.15, 0.2) is 24.3 Å². The first-order valence-electron chi connectivity index (χ1n) is 8.87. The maximum absolute atomic E-state index is 10.4. The number of phenols is 1. The number of hydrogen-bond donors (Lipinski definition) is 2. The van der Waals surface area contributed by atoms with Crippen molar-refractivity contribution >= 4 is 0 Å². The van der Waals surface area contributed by atoms with Crippen molar-refractivity contribution in [3.05, 3.63) is 46.8 Å². The lowest BCUT2D eigenvalue weighted by molar-refractivity contribution is 0.279. The number of rotatable bonds is 6. The normalized spacial score (nSPS) is 11.5. The second-order valence-corrected chi connectivity index (χ2v) is 6.95. The first kappa shape index (κ1) is 18.5. The molecule has 24 heavy (non-hydrogen) atoms. The van der Waals surface area contributed by atoms with Gasteiger partial charge < -0.3 is 10.2 Å². The maximum atomic E-state index is 10.4. The zero-order valence-electron chi connectivity index (χ0n) is 15.4. The van der Waals surface area contributed by atoms with E-state index < -0.39 is 0 Å². The van der Waals surface area contributed by atoms with Crippen LogP contribution in [0.1, 0.15) is 75.4 Å². The number of aliphatic hydroxyl groups is 1. The summed E-state index contributed by atoms with van der Waals surface area (Å²) in [5.41, 5.74) is 5.77. The molecule has 0 unspecified atom stereocenters. The van der Waals surface area contributed by atoms with Crippen LogP contribution in [-0.2, 0) is 13.0 Å². The van der Waals surface area contributed by atoms with E-state index in [9.17, 15) is 10.2 Å². The van der Waals surface area contributed by atoms with Gasteiger partial charge in [-0.3, -0.25) is 4.98 Å². The van der Waals surface area contributed by atoms with Crippen molar-refractivity contribution in [1.29, 1.82) is 0 Å². The molecule has 0 aliphatic carbocycles. The van der Waals surface area contributed by atoms with Crippen LogP contribution in [0.3, 0.4) is 0 Å². The Kier molecular flexibility index (Phi) is 6.00. The molecule has 1 aromatic carbocycles. The number of aromatic hydroxyl groups is 1. The van der Waals surface area contributed by atoms with Crippen molar-refractivity contribution in [2.45, 2.75) is 65.9 Å². The first-order chi connectivity index (χ1) is 11.4. The van der Waals surface area contributed by atoms with Gasteiger partial charge in [0.15, 0.2) is 0 Å². The van der Waals surface area contributed by atoms with E-state index in [1.54, 1.807) is 6.07 Å². The fraction of sp³-hybridized carbons (Fsp3) is 0.476. The van der Waals surface area contributed by atoms with Gasteiger partial charge in [0.25, 0.3) is 0 Å². The summed E-state index contributed by atoms with van der Waals surface area (Å²) in [5, 5.41) is 20.5. The topological polar surface area (TPSA) is 53.4 Å². The van der Waals surface area contributed by atoms with Gasteiger partial charge in [0.05, 0.1) is 6.61 Å². The highest BCUT2D eigenvalue weighted by molar-refractivity contribution is 5.77. The fourth-order valence-electron chi connectivity index (χ4n) is 3.33. The van der Waals surface area contributed by atoms with Gasteiger partial charge >= 0.3 is 0 Å². The molecule has 0 spiro atoms. The molecule has 130 valence electrons. The minimum Gasteiger partial charge on any atom is -0.507 e. The number of pyridine rings is 1. The molecule has 3 nitrogen and oxygen atoms in total. The second-order valence-electron chi connectivity index (χ2n) is 6.95. The van der Waals surface area contributed by atoms with Gasteiger partial charge in [0.2, 0.25) is 0 Å². The van der Waals surface area contributed by atoms with Crippen LogP contribution >= 0.6 is 0 Å². The Balaban J connectivity index is 2.93. The van der Waals surface area contributed by atoms with Gasteiger partial charge in [-0.1, -0.05) is 59.2 Å². The van der Waals surface area contributed by atoms with Crippen LogP contribution in [0.25, 0.3) is 11.1 Å². The van der Waals surface area contributed by atoms with E-state index in [1.165, 1.54) is 0 Å². The molecule has 2 N–H and O–H groups in total. The summed E-state index contributed by atoms with van der Waals surface area (Å²) in [6.45, 7) is 10.6. The molecule has 0 aliphatic heterocycles. The van der Waals surface area contributed by atoms with Crippen molar-refractivity contribution < 1.29 is 10.2 Å². The summed E-state index contributed by atoms with van der Waals surface area (Å²) >= 11 is 0. The first-order valence-corrected chi connectivity index (χ1v) is 8.87.